The highest BCUT2D eigenvalue weighted by atomic mass is 32.1. The molecule has 1 N–H and O–H groups in total. The minimum Gasteiger partial charge on any atom is -0.396 e. The van der Waals surface area contributed by atoms with E-state index in [1.165, 1.54) is 17.8 Å². The zero-order valence-corrected chi connectivity index (χ0v) is 11.5. The van der Waals surface area contributed by atoms with E-state index in [1.54, 1.807) is 0 Å². The highest BCUT2D eigenvalue weighted by Crippen LogP contribution is 2.34. The van der Waals surface area contributed by atoms with Gasteiger partial charge in [0.2, 0.25) is 0 Å². The van der Waals surface area contributed by atoms with E-state index in [0.717, 1.165) is 32.4 Å². The quantitative estimate of drug-likeness (QED) is 0.872. The molecule has 0 aliphatic carbocycles. The van der Waals surface area contributed by atoms with Crippen molar-refractivity contribution in [1.82, 2.24) is 4.90 Å². The van der Waals surface area contributed by atoms with Gasteiger partial charge >= 0.3 is 0 Å². The molecular weight excluding hydrogens is 230 g/mol. The van der Waals surface area contributed by atoms with Crippen molar-refractivity contribution in [2.45, 2.75) is 32.6 Å². The fourth-order valence-electron chi connectivity index (χ4n) is 2.60. The first kappa shape index (κ1) is 13.1. The maximum Gasteiger partial charge on any atom is 0.0488 e. The Bertz CT molecular complexity index is 309. The summed E-state index contributed by atoms with van der Waals surface area (Å²) in [6, 6.07) is 4.35. The van der Waals surface area contributed by atoms with Gasteiger partial charge in [0.25, 0.3) is 0 Å². The molecule has 2 rings (SSSR count). The third-order valence-corrected chi connectivity index (χ3v) is 5.19. The van der Waals surface area contributed by atoms with Crippen LogP contribution in [0.2, 0.25) is 0 Å². The summed E-state index contributed by atoms with van der Waals surface area (Å²) in [5.41, 5.74) is 0.222. The van der Waals surface area contributed by atoms with E-state index < -0.39 is 0 Å². The van der Waals surface area contributed by atoms with Crippen LogP contribution in [0.3, 0.4) is 0 Å². The van der Waals surface area contributed by atoms with Crippen LogP contribution >= 0.6 is 11.3 Å². The fourth-order valence-corrected chi connectivity index (χ4v) is 3.30. The smallest absolute Gasteiger partial charge is 0.0488 e. The highest BCUT2D eigenvalue weighted by molar-refractivity contribution is 7.09. The van der Waals surface area contributed by atoms with E-state index in [2.05, 4.69) is 29.3 Å². The average molecular weight is 253 g/mol. The predicted molar refractivity (Wildman–Crippen MR) is 73.5 cm³/mol. The summed E-state index contributed by atoms with van der Waals surface area (Å²) >= 11 is 1.85. The number of thiophene rings is 1. The Morgan fingerprint density at radius 1 is 1.41 bits per heavy atom. The minimum atomic E-state index is 0.222. The van der Waals surface area contributed by atoms with Crippen LogP contribution in [-0.2, 0) is 6.42 Å². The van der Waals surface area contributed by atoms with Crippen molar-refractivity contribution in [2.24, 2.45) is 5.41 Å². The lowest BCUT2D eigenvalue weighted by molar-refractivity contribution is 0.0414. The van der Waals surface area contributed by atoms with Crippen molar-refractivity contribution in [3.8, 4) is 0 Å². The molecule has 3 heteroatoms. The van der Waals surface area contributed by atoms with Gasteiger partial charge in [-0.3, -0.25) is 0 Å². The van der Waals surface area contributed by atoms with Gasteiger partial charge in [-0.1, -0.05) is 13.0 Å². The van der Waals surface area contributed by atoms with Crippen molar-refractivity contribution in [1.29, 1.82) is 0 Å². The summed E-state index contributed by atoms with van der Waals surface area (Å²) in [5, 5.41) is 11.6. The maximum absolute atomic E-state index is 9.49. The van der Waals surface area contributed by atoms with Crippen LogP contribution in [0, 0.1) is 5.41 Å². The van der Waals surface area contributed by atoms with Gasteiger partial charge < -0.3 is 10.0 Å². The largest absolute Gasteiger partial charge is 0.396 e. The second kappa shape index (κ2) is 5.98. The molecule has 0 atom stereocenters. The molecule has 2 heterocycles. The molecule has 0 saturated carbocycles. The van der Waals surface area contributed by atoms with Crippen LogP contribution in [0.5, 0.6) is 0 Å². The molecule has 0 radical (unpaired) electrons. The minimum absolute atomic E-state index is 0.222. The number of hydrogen-bond donors (Lipinski definition) is 1. The number of aliphatic hydroxyl groups excluding tert-OH is 1. The number of nitrogens with zero attached hydrogens (tertiary/aromatic N) is 1. The third-order valence-electron chi connectivity index (χ3n) is 4.26. The summed E-state index contributed by atoms with van der Waals surface area (Å²) in [6.07, 6.45) is 4.60. The first-order chi connectivity index (χ1) is 8.28. The number of piperidine rings is 1. The van der Waals surface area contributed by atoms with Gasteiger partial charge in [0, 0.05) is 18.0 Å². The van der Waals surface area contributed by atoms with Gasteiger partial charge in [-0.15, -0.1) is 11.3 Å². The zero-order chi connectivity index (χ0) is 12.1. The molecule has 0 bridgehead atoms. The predicted octanol–water partition coefficient (Wildman–Crippen LogP) is 2.78. The summed E-state index contributed by atoms with van der Waals surface area (Å²) < 4.78 is 0. The first-order valence-electron chi connectivity index (χ1n) is 6.63. The Kier molecular flexibility index (Phi) is 4.60. The number of likely N-dealkylation sites (tertiary alicyclic amines) is 1. The van der Waals surface area contributed by atoms with Gasteiger partial charge in [-0.25, -0.2) is 0 Å². The van der Waals surface area contributed by atoms with Gasteiger partial charge in [-0.05, 0) is 55.6 Å². The monoisotopic (exact) mass is 253 g/mol. The molecule has 17 heavy (non-hydrogen) atoms. The summed E-state index contributed by atoms with van der Waals surface area (Å²) in [5.74, 6) is 0. The molecule has 0 amide bonds. The van der Waals surface area contributed by atoms with Crippen LogP contribution < -0.4 is 0 Å². The van der Waals surface area contributed by atoms with Gasteiger partial charge in [0.1, 0.15) is 0 Å². The second-order valence-corrected chi connectivity index (χ2v) is 6.21. The standard InChI is InChI=1S/C14H23NOS/c1-2-14(12-16)6-9-15(10-7-14)8-5-13-4-3-11-17-13/h3-4,11,16H,2,5-10,12H2,1H3. The van der Waals surface area contributed by atoms with E-state index in [4.69, 9.17) is 0 Å². The lowest BCUT2D eigenvalue weighted by Gasteiger charge is -2.40. The SMILES string of the molecule is CCC1(CO)CCN(CCc2cccs2)CC1. The van der Waals surface area contributed by atoms with Crippen LogP contribution in [0.15, 0.2) is 17.5 Å². The summed E-state index contributed by atoms with van der Waals surface area (Å²) in [4.78, 5) is 4.03. The highest BCUT2D eigenvalue weighted by Gasteiger charge is 2.31. The number of rotatable bonds is 5. The first-order valence-corrected chi connectivity index (χ1v) is 7.51. The van der Waals surface area contributed by atoms with Crippen molar-refractivity contribution in [3.63, 3.8) is 0 Å². The Morgan fingerprint density at radius 3 is 2.71 bits per heavy atom. The van der Waals surface area contributed by atoms with E-state index in [0.29, 0.717) is 6.61 Å². The maximum atomic E-state index is 9.49. The molecule has 0 unspecified atom stereocenters. The van der Waals surface area contributed by atoms with E-state index >= 15 is 0 Å². The Balaban J connectivity index is 1.75. The number of aliphatic hydroxyl groups is 1. The van der Waals surface area contributed by atoms with Crippen molar-refractivity contribution >= 4 is 11.3 Å². The Labute approximate surface area is 108 Å². The molecule has 0 aromatic carbocycles. The molecule has 1 fully saturated rings. The van der Waals surface area contributed by atoms with E-state index in [-0.39, 0.29) is 5.41 Å². The molecule has 96 valence electrons. The van der Waals surface area contributed by atoms with Gasteiger partial charge in [0.15, 0.2) is 0 Å². The van der Waals surface area contributed by atoms with Crippen molar-refractivity contribution in [2.75, 3.05) is 26.2 Å². The normalized spacial score (nSPS) is 20.6. The molecule has 0 spiro atoms. The molecular formula is C14H23NOS. The van der Waals surface area contributed by atoms with E-state index in [9.17, 15) is 5.11 Å². The topological polar surface area (TPSA) is 23.5 Å². The van der Waals surface area contributed by atoms with Crippen LogP contribution in [0.4, 0.5) is 0 Å². The molecule has 2 nitrogen and oxygen atoms in total. The van der Waals surface area contributed by atoms with E-state index in [1.807, 2.05) is 11.3 Å². The molecule has 1 saturated heterocycles. The fraction of sp³-hybridized carbons (Fsp3) is 0.714. The molecule has 1 aliphatic heterocycles. The van der Waals surface area contributed by atoms with Gasteiger partial charge in [0.05, 0.1) is 0 Å². The zero-order valence-electron chi connectivity index (χ0n) is 10.7. The number of hydrogen-bond acceptors (Lipinski definition) is 3. The molecule has 1 aromatic rings. The lowest BCUT2D eigenvalue weighted by atomic mass is 9.77. The average Bonchev–Trinajstić information content (AvgIpc) is 2.90. The molecule has 1 aliphatic rings. The Hall–Kier alpha value is -0.380. The van der Waals surface area contributed by atoms with Crippen LogP contribution in [0.1, 0.15) is 31.1 Å². The molecule has 1 aromatic heterocycles. The van der Waals surface area contributed by atoms with Crippen molar-refractivity contribution in [3.05, 3.63) is 22.4 Å². The van der Waals surface area contributed by atoms with Gasteiger partial charge in [-0.2, -0.15) is 0 Å². The van der Waals surface area contributed by atoms with Crippen molar-refractivity contribution < 1.29 is 5.11 Å². The lowest BCUT2D eigenvalue weighted by Crippen LogP contribution is -2.42. The third kappa shape index (κ3) is 3.30. The Morgan fingerprint density at radius 2 is 2.18 bits per heavy atom. The second-order valence-electron chi connectivity index (χ2n) is 5.18. The van der Waals surface area contributed by atoms with Crippen LogP contribution in [-0.4, -0.2) is 36.2 Å². The summed E-state index contributed by atoms with van der Waals surface area (Å²) in [6.45, 7) is 6.05. The summed E-state index contributed by atoms with van der Waals surface area (Å²) in [7, 11) is 0. The van der Waals surface area contributed by atoms with Crippen LogP contribution in [0.25, 0.3) is 0 Å².